The molecule has 0 radical (unpaired) electrons. The van der Waals surface area contributed by atoms with E-state index in [2.05, 4.69) is 16.0 Å². The van der Waals surface area contributed by atoms with Gasteiger partial charge in [-0.3, -0.25) is 4.98 Å². The van der Waals surface area contributed by atoms with Crippen molar-refractivity contribution in [2.45, 2.75) is 19.3 Å². The molecular formula is C17H19N3O2. The molecule has 1 fully saturated rings. The summed E-state index contributed by atoms with van der Waals surface area (Å²) in [6, 6.07) is 6.06. The fourth-order valence-electron chi connectivity index (χ4n) is 3.05. The van der Waals surface area contributed by atoms with Gasteiger partial charge in [-0.05, 0) is 25.3 Å². The monoisotopic (exact) mass is 297 g/mol. The van der Waals surface area contributed by atoms with Gasteiger partial charge in [0.1, 0.15) is 6.07 Å². The third-order valence-electron chi connectivity index (χ3n) is 4.14. The van der Waals surface area contributed by atoms with Crippen LogP contribution in [0.2, 0.25) is 0 Å². The smallest absolute Gasteiger partial charge is 0.162 e. The summed E-state index contributed by atoms with van der Waals surface area (Å²) >= 11 is 0. The Balaban J connectivity index is 2.24. The van der Waals surface area contributed by atoms with E-state index in [9.17, 15) is 5.26 Å². The lowest BCUT2D eigenvalue weighted by molar-refractivity contribution is 0.356. The molecule has 2 aromatic rings. The SMILES string of the molecule is COc1cc2ncc(C#N)c(N3CCCCC3)c2cc1OC. The van der Waals surface area contributed by atoms with E-state index >= 15 is 0 Å². The number of benzene rings is 1. The number of piperidine rings is 1. The lowest BCUT2D eigenvalue weighted by atomic mass is 10.0. The molecule has 0 bridgehead atoms. The number of ether oxygens (including phenoxy) is 2. The molecule has 3 rings (SSSR count). The summed E-state index contributed by atoms with van der Waals surface area (Å²) in [6.45, 7) is 1.95. The molecule has 5 heteroatoms. The molecule has 1 saturated heterocycles. The first-order valence-corrected chi connectivity index (χ1v) is 7.48. The molecule has 22 heavy (non-hydrogen) atoms. The van der Waals surface area contributed by atoms with Gasteiger partial charge in [0.05, 0.1) is 31.0 Å². The average Bonchev–Trinajstić information content (AvgIpc) is 2.60. The highest BCUT2D eigenvalue weighted by atomic mass is 16.5. The molecule has 114 valence electrons. The highest BCUT2D eigenvalue weighted by Crippen LogP contribution is 2.38. The maximum atomic E-state index is 9.46. The van der Waals surface area contributed by atoms with Gasteiger partial charge in [-0.15, -0.1) is 0 Å². The van der Waals surface area contributed by atoms with Crippen molar-refractivity contribution < 1.29 is 9.47 Å². The highest BCUT2D eigenvalue weighted by Gasteiger charge is 2.20. The van der Waals surface area contributed by atoms with Crippen LogP contribution in [0.5, 0.6) is 11.5 Å². The van der Waals surface area contributed by atoms with E-state index in [1.54, 1.807) is 20.4 Å². The Labute approximate surface area is 130 Å². The number of nitriles is 1. The van der Waals surface area contributed by atoms with Crippen molar-refractivity contribution in [2.24, 2.45) is 0 Å². The van der Waals surface area contributed by atoms with Crippen LogP contribution in [0.1, 0.15) is 24.8 Å². The first kappa shape index (κ1) is 14.5. The van der Waals surface area contributed by atoms with E-state index in [0.29, 0.717) is 17.1 Å². The quantitative estimate of drug-likeness (QED) is 0.871. The van der Waals surface area contributed by atoms with Gasteiger partial charge < -0.3 is 14.4 Å². The molecule has 5 nitrogen and oxygen atoms in total. The number of hydrogen-bond acceptors (Lipinski definition) is 5. The van der Waals surface area contributed by atoms with Crippen LogP contribution in [0.25, 0.3) is 10.9 Å². The first-order valence-electron chi connectivity index (χ1n) is 7.48. The maximum absolute atomic E-state index is 9.46. The number of methoxy groups -OCH3 is 2. The van der Waals surface area contributed by atoms with Crippen LogP contribution in [0.3, 0.4) is 0 Å². The second kappa shape index (κ2) is 6.10. The number of hydrogen-bond donors (Lipinski definition) is 0. The fourth-order valence-corrected chi connectivity index (χ4v) is 3.05. The van der Waals surface area contributed by atoms with Crippen LogP contribution in [0.4, 0.5) is 5.69 Å². The normalized spacial score (nSPS) is 14.7. The molecule has 2 heterocycles. The van der Waals surface area contributed by atoms with Gasteiger partial charge >= 0.3 is 0 Å². The molecule has 1 aromatic heterocycles. The van der Waals surface area contributed by atoms with Crippen molar-refractivity contribution in [3.05, 3.63) is 23.9 Å². The van der Waals surface area contributed by atoms with Gasteiger partial charge in [-0.1, -0.05) is 0 Å². The Bertz CT molecular complexity index is 731. The summed E-state index contributed by atoms with van der Waals surface area (Å²) in [5, 5.41) is 10.4. The van der Waals surface area contributed by atoms with E-state index in [-0.39, 0.29) is 0 Å². The Kier molecular flexibility index (Phi) is 4.01. The van der Waals surface area contributed by atoms with Gasteiger partial charge in [0, 0.05) is 30.7 Å². The molecule has 0 aliphatic carbocycles. The number of rotatable bonds is 3. The minimum atomic E-state index is 0.613. The second-order valence-electron chi connectivity index (χ2n) is 5.40. The Morgan fingerprint density at radius 1 is 1.09 bits per heavy atom. The summed E-state index contributed by atoms with van der Waals surface area (Å²) in [4.78, 5) is 6.70. The minimum absolute atomic E-state index is 0.613. The van der Waals surface area contributed by atoms with Crippen LogP contribution in [0.15, 0.2) is 18.3 Å². The van der Waals surface area contributed by atoms with Crippen LogP contribution >= 0.6 is 0 Å². The number of fused-ring (bicyclic) bond motifs is 1. The standard InChI is InChI=1S/C17H19N3O2/c1-21-15-8-13-14(9-16(15)22-2)19-11-12(10-18)17(13)20-6-4-3-5-7-20/h8-9,11H,3-7H2,1-2H3. The molecule has 0 unspecified atom stereocenters. The Morgan fingerprint density at radius 3 is 2.41 bits per heavy atom. The van der Waals surface area contributed by atoms with E-state index in [1.807, 2.05) is 12.1 Å². The molecule has 0 atom stereocenters. The fraction of sp³-hybridized carbons (Fsp3) is 0.412. The van der Waals surface area contributed by atoms with Crippen molar-refractivity contribution >= 4 is 16.6 Å². The van der Waals surface area contributed by atoms with E-state index in [1.165, 1.54) is 6.42 Å². The predicted octanol–water partition coefficient (Wildman–Crippen LogP) is 3.11. The topological polar surface area (TPSA) is 58.4 Å². The Hall–Kier alpha value is -2.48. The zero-order chi connectivity index (χ0) is 15.5. The second-order valence-corrected chi connectivity index (χ2v) is 5.40. The zero-order valence-electron chi connectivity index (χ0n) is 12.9. The Morgan fingerprint density at radius 2 is 1.77 bits per heavy atom. The van der Waals surface area contributed by atoms with Gasteiger partial charge in [0.25, 0.3) is 0 Å². The van der Waals surface area contributed by atoms with Crippen molar-refractivity contribution in [3.63, 3.8) is 0 Å². The number of pyridine rings is 1. The predicted molar refractivity (Wildman–Crippen MR) is 85.6 cm³/mol. The van der Waals surface area contributed by atoms with Crippen molar-refractivity contribution in [2.75, 3.05) is 32.2 Å². The molecule has 0 saturated carbocycles. The van der Waals surface area contributed by atoms with Gasteiger partial charge in [-0.25, -0.2) is 0 Å². The summed E-state index contributed by atoms with van der Waals surface area (Å²) in [5.41, 5.74) is 2.40. The summed E-state index contributed by atoms with van der Waals surface area (Å²) in [6.07, 6.45) is 5.21. The molecule has 1 aliphatic rings. The number of aromatic nitrogens is 1. The van der Waals surface area contributed by atoms with Crippen molar-refractivity contribution in [3.8, 4) is 17.6 Å². The van der Waals surface area contributed by atoms with Crippen LogP contribution in [-0.4, -0.2) is 32.3 Å². The zero-order valence-corrected chi connectivity index (χ0v) is 12.9. The largest absolute Gasteiger partial charge is 0.493 e. The third kappa shape index (κ3) is 2.41. The maximum Gasteiger partial charge on any atom is 0.162 e. The number of anilines is 1. The van der Waals surface area contributed by atoms with Crippen molar-refractivity contribution in [1.29, 1.82) is 5.26 Å². The summed E-state index contributed by atoms with van der Waals surface area (Å²) < 4.78 is 10.7. The van der Waals surface area contributed by atoms with Crippen molar-refractivity contribution in [1.82, 2.24) is 4.98 Å². The molecule has 0 amide bonds. The molecule has 1 aromatic carbocycles. The van der Waals surface area contributed by atoms with Gasteiger partial charge in [0.15, 0.2) is 11.5 Å². The average molecular weight is 297 g/mol. The molecule has 0 spiro atoms. The number of nitrogens with zero attached hydrogens (tertiary/aromatic N) is 3. The lowest BCUT2D eigenvalue weighted by Gasteiger charge is -2.30. The molecule has 1 aliphatic heterocycles. The van der Waals surface area contributed by atoms with E-state index in [0.717, 1.165) is 42.5 Å². The van der Waals surface area contributed by atoms with Crippen LogP contribution < -0.4 is 14.4 Å². The van der Waals surface area contributed by atoms with Gasteiger partial charge in [0.2, 0.25) is 0 Å². The van der Waals surface area contributed by atoms with Crippen LogP contribution in [-0.2, 0) is 0 Å². The highest BCUT2D eigenvalue weighted by molar-refractivity contribution is 5.96. The van der Waals surface area contributed by atoms with Crippen LogP contribution in [0, 0.1) is 11.3 Å². The van der Waals surface area contributed by atoms with Gasteiger partial charge in [-0.2, -0.15) is 5.26 Å². The van der Waals surface area contributed by atoms with E-state index < -0.39 is 0 Å². The first-order chi connectivity index (χ1) is 10.8. The third-order valence-corrected chi connectivity index (χ3v) is 4.14. The summed E-state index contributed by atoms with van der Waals surface area (Å²) in [7, 11) is 3.23. The minimum Gasteiger partial charge on any atom is -0.493 e. The van der Waals surface area contributed by atoms with E-state index in [4.69, 9.17) is 9.47 Å². The lowest BCUT2D eigenvalue weighted by Crippen LogP contribution is -2.30. The molecule has 0 N–H and O–H groups in total. The summed E-state index contributed by atoms with van der Waals surface area (Å²) in [5.74, 6) is 1.31. The molecular weight excluding hydrogens is 278 g/mol.